The molecular formula is C35H14N6. The Morgan fingerprint density at radius 3 is 1.85 bits per heavy atom. The lowest BCUT2D eigenvalue weighted by Crippen LogP contribution is -1.95. The van der Waals surface area contributed by atoms with Gasteiger partial charge in [-0.15, -0.1) is 0 Å². The number of imidazole rings is 1. The van der Waals surface area contributed by atoms with Gasteiger partial charge in [-0.3, -0.25) is 18.9 Å². The second-order valence-electron chi connectivity index (χ2n) is 9.88. The quantitative estimate of drug-likeness (QED) is 0.114. The molecule has 0 aliphatic carbocycles. The summed E-state index contributed by atoms with van der Waals surface area (Å²) in [5.74, 6) is 0. The SMILES string of the molecule is [C-]#[N+]c1c([N+]#[C-])c([N+]#[C-])c2cc3c4c5ccccc5c5ccccc5c4c4nc5ccccc5n4c3cc2c1C#N. The Morgan fingerprint density at radius 2 is 1.20 bits per heavy atom. The molecule has 8 aromatic rings. The first-order valence-corrected chi connectivity index (χ1v) is 12.8. The predicted octanol–water partition coefficient (Wildman–Crippen LogP) is 9.78. The van der Waals surface area contributed by atoms with Gasteiger partial charge < -0.3 is 0 Å². The van der Waals surface area contributed by atoms with Crippen LogP contribution in [0.3, 0.4) is 0 Å². The first-order valence-electron chi connectivity index (χ1n) is 12.8. The summed E-state index contributed by atoms with van der Waals surface area (Å²) in [6.45, 7) is 23.5. The van der Waals surface area contributed by atoms with Gasteiger partial charge in [-0.2, -0.15) is 5.26 Å². The number of pyridine rings is 1. The number of nitriles is 1. The van der Waals surface area contributed by atoms with Gasteiger partial charge in [0.25, 0.3) is 0 Å². The van der Waals surface area contributed by atoms with E-state index < -0.39 is 0 Å². The van der Waals surface area contributed by atoms with Crippen molar-refractivity contribution >= 4 is 87.7 Å². The molecule has 6 nitrogen and oxygen atoms in total. The zero-order chi connectivity index (χ0) is 27.8. The van der Waals surface area contributed by atoms with Crippen molar-refractivity contribution in [3.63, 3.8) is 0 Å². The first kappa shape index (κ1) is 22.5. The highest BCUT2D eigenvalue weighted by molar-refractivity contribution is 6.35. The minimum Gasteiger partial charge on any atom is -0.292 e. The summed E-state index contributed by atoms with van der Waals surface area (Å²) in [6.07, 6.45) is 0. The molecule has 6 heteroatoms. The number of para-hydroxylation sites is 2. The summed E-state index contributed by atoms with van der Waals surface area (Å²) in [5.41, 5.74) is 3.41. The topological polar surface area (TPSA) is 54.2 Å². The van der Waals surface area contributed by atoms with E-state index >= 15 is 0 Å². The molecule has 0 saturated carbocycles. The highest BCUT2D eigenvalue weighted by Gasteiger charge is 2.24. The molecule has 0 aliphatic heterocycles. The molecule has 2 heterocycles. The van der Waals surface area contributed by atoms with E-state index in [2.05, 4.69) is 49.3 Å². The monoisotopic (exact) mass is 518 g/mol. The molecule has 0 unspecified atom stereocenters. The van der Waals surface area contributed by atoms with E-state index in [-0.39, 0.29) is 22.6 Å². The summed E-state index contributed by atoms with van der Waals surface area (Å²) in [6, 6.07) is 30.5. The maximum absolute atomic E-state index is 10.2. The van der Waals surface area contributed by atoms with Crippen molar-refractivity contribution in [2.24, 2.45) is 0 Å². The molecule has 2 aromatic heterocycles. The number of hydrogen-bond donors (Lipinski definition) is 0. The zero-order valence-corrected chi connectivity index (χ0v) is 21.3. The van der Waals surface area contributed by atoms with Gasteiger partial charge in [0.15, 0.2) is 5.69 Å². The van der Waals surface area contributed by atoms with Crippen LogP contribution in [0, 0.1) is 31.0 Å². The number of rotatable bonds is 0. The molecule has 0 fully saturated rings. The molecule has 0 bridgehead atoms. The summed E-state index contributed by atoms with van der Waals surface area (Å²) < 4.78 is 2.12. The average molecular weight is 519 g/mol. The molecule has 0 spiro atoms. The average Bonchev–Trinajstić information content (AvgIpc) is 3.42. The minimum atomic E-state index is -0.0793. The van der Waals surface area contributed by atoms with E-state index in [1.54, 1.807) is 0 Å². The maximum Gasteiger partial charge on any atom is 0.202 e. The Morgan fingerprint density at radius 1 is 0.585 bits per heavy atom. The van der Waals surface area contributed by atoms with Crippen LogP contribution in [0.15, 0.2) is 84.9 Å². The third kappa shape index (κ3) is 2.73. The second-order valence-corrected chi connectivity index (χ2v) is 9.88. The minimum absolute atomic E-state index is 0.0767. The number of hydrogen-bond acceptors (Lipinski definition) is 2. The number of fused-ring (bicyclic) bond motifs is 14. The van der Waals surface area contributed by atoms with E-state index in [1.807, 2.05) is 60.7 Å². The fourth-order valence-electron chi connectivity index (χ4n) is 6.39. The Bertz CT molecular complexity index is 2690. The van der Waals surface area contributed by atoms with Crippen LogP contribution in [0.5, 0.6) is 0 Å². The van der Waals surface area contributed by atoms with E-state index in [9.17, 15) is 5.26 Å². The van der Waals surface area contributed by atoms with Gasteiger partial charge in [0.1, 0.15) is 5.65 Å². The number of aromatic nitrogens is 2. The van der Waals surface area contributed by atoms with Gasteiger partial charge in [0.2, 0.25) is 11.4 Å². The van der Waals surface area contributed by atoms with Crippen LogP contribution < -0.4 is 0 Å². The lowest BCUT2D eigenvalue weighted by Gasteiger charge is -2.17. The second kappa shape index (κ2) is 8.02. The largest absolute Gasteiger partial charge is 0.292 e. The maximum atomic E-state index is 10.2. The summed E-state index contributed by atoms with van der Waals surface area (Å²) in [7, 11) is 0. The standard InChI is InChI=1S/C35H14N6/c1-37-32-24-16-25-29(17-23(24)26(18-36)33(38-2)34(32)39-3)41-28-15-9-8-14-27(28)40-35(41)31-22-13-7-5-11-20(22)19-10-4-6-12-21(19)30(25)31/h4-17H. The Balaban J connectivity index is 1.81. The Kier molecular flexibility index (Phi) is 4.40. The van der Waals surface area contributed by atoms with E-state index in [0.29, 0.717) is 10.8 Å². The molecule has 0 radical (unpaired) electrons. The van der Waals surface area contributed by atoms with Gasteiger partial charge in [0, 0.05) is 16.2 Å². The smallest absolute Gasteiger partial charge is 0.202 e. The van der Waals surface area contributed by atoms with Crippen molar-refractivity contribution in [1.82, 2.24) is 9.38 Å². The van der Waals surface area contributed by atoms with Crippen LogP contribution in [0.4, 0.5) is 17.1 Å². The number of benzene rings is 6. The predicted molar refractivity (Wildman–Crippen MR) is 164 cm³/mol. The summed E-state index contributed by atoms with van der Waals surface area (Å²) in [4.78, 5) is 15.9. The number of nitrogens with zero attached hydrogens (tertiary/aromatic N) is 6. The van der Waals surface area contributed by atoms with E-state index in [1.165, 1.54) is 0 Å². The van der Waals surface area contributed by atoms with Crippen molar-refractivity contribution in [3.8, 4) is 6.07 Å². The van der Waals surface area contributed by atoms with Gasteiger partial charge in [-0.05, 0) is 50.5 Å². The molecule has 184 valence electrons. The summed E-state index contributed by atoms with van der Waals surface area (Å²) >= 11 is 0. The normalized spacial score (nSPS) is 11.3. The van der Waals surface area contributed by atoms with Gasteiger partial charge in [0.05, 0.1) is 47.9 Å². The third-order valence-electron chi connectivity index (χ3n) is 8.02. The van der Waals surface area contributed by atoms with E-state index in [4.69, 9.17) is 24.7 Å². The molecule has 0 N–H and O–H groups in total. The lowest BCUT2D eigenvalue weighted by atomic mass is 9.90. The first-order chi connectivity index (χ1) is 20.2. The van der Waals surface area contributed by atoms with Crippen molar-refractivity contribution in [2.45, 2.75) is 0 Å². The molecule has 0 atom stereocenters. The van der Waals surface area contributed by atoms with E-state index in [0.717, 1.165) is 59.9 Å². The molecule has 8 rings (SSSR count). The highest BCUT2D eigenvalue weighted by atomic mass is 15.0. The Hall–Kier alpha value is -6.47. The molecule has 41 heavy (non-hydrogen) atoms. The van der Waals surface area contributed by atoms with Gasteiger partial charge in [-0.25, -0.2) is 4.98 Å². The van der Waals surface area contributed by atoms with Crippen molar-refractivity contribution in [2.75, 3.05) is 0 Å². The van der Waals surface area contributed by atoms with Crippen LogP contribution in [0.2, 0.25) is 0 Å². The van der Waals surface area contributed by atoms with Gasteiger partial charge in [-0.1, -0.05) is 66.7 Å². The van der Waals surface area contributed by atoms with Crippen molar-refractivity contribution in [1.29, 1.82) is 5.26 Å². The third-order valence-corrected chi connectivity index (χ3v) is 8.02. The molecule has 0 saturated heterocycles. The fraction of sp³-hybridized carbons (Fsp3) is 0. The van der Waals surface area contributed by atoms with Crippen LogP contribution >= 0.6 is 0 Å². The van der Waals surface area contributed by atoms with Crippen LogP contribution in [-0.4, -0.2) is 9.38 Å². The fourth-order valence-corrected chi connectivity index (χ4v) is 6.39. The lowest BCUT2D eigenvalue weighted by molar-refractivity contribution is 1.32. The zero-order valence-electron chi connectivity index (χ0n) is 21.3. The molecule has 6 aromatic carbocycles. The highest BCUT2D eigenvalue weighted by Crippen LogP contribution is 2.50. The summed E-state index contributed by atoms with van der Waals surface area (Å²) in [5, 5.41) is 18.4. The van der Waals surface area contributed by atoms with Crippen LogP contribution in [0.25, 0.3) is 85.2 Å². The van der Waals surface area contributed by atoms with Gasteiger partial charge >= 0.3 is 0 Å². The van der Waals surface area contributed by atoms with Crippen LogP contribution in [-0.2, 0) is 0 Å². The van der Waals surface area contributed by atoms with Crippen molar-refractivity contribution in [3.05, 3.63) is 125 Å². The Labute approximate surface area is 233 Å². The molecule has 0 aliphatic rings. The molecule has 0 amide bonds. The van der Waals surface area contributed by atoms with Crippen molar-refractivity contribution < 1.29 is 0 Å². The van der Waals surface area contributed by atoms with Crippen LogP contribution in [0.1, 0.15) is 5.56 Å². The molecular weight excluding hydrogens is 504 g/mol.